The maximum Gasteiger partial charge on any atom is 0.344 e. The fourth-order valence-electron chi connectivity index (χ4n) is 2.25. The van der Waals surface area contributed by atoms with Crippen LogP contribution in [0.5, 0.6) is 0 Å². The number of H-pyrrole nitrogens is 1. The van der Waals surface area contributed by atoms with E-state index in [0.29, 0.717) is 10.2 Å². The van der Waals surface area contributed by atoms with E-state index >= 15 is 0 Å². The Kier molecular flexibility index (Phi) is 4.10. The lowest BCUT2D eigenvalue weighted by Gasteiger charge is -2.11. The van der Waals surface area contributed by atoms with Gasteiger partial charge in [0.1, 0.15) is 0 Å². The average molecular weight is 325 g/mol. The van der Waals surface area contributed by atoms with E-state index in [2.05, 4.69) is 10.2 Å². The van der Waals surface area contributed by atoms with E-state index in [0.717, 1.165) is 29.7 Å². The average Bonchev–Trinajstić information content (AvgIpc) is 3.18. The molecule has 1 aromatic heterocycles. The number of hydrogen-bond donors (Lipinski definition) is 2. The van der Waals surface area contributed by atoms with Gasteiger partial charge in [0.2, 0.25) is 0 Å². The lowest BCUT2D eigenvalue weighted by molar-refractivity contribution is 0.642. The third-order valence-electron chi connectivity index (χ3n) is 3.36. The molecule has 1 aliphatic carbocycles. The number of aromatic nitrogens is 3. The Morgan fingerprint density at radius 3 is 3.00 bits per heavy atom. The minimum Gasteiger partial charge on any atom is -0.328 e. The molecule has 1 unspecified atom stereocenters. The highest BCUT2D eigenvalue weighted by Crippen LogP contribution is 2.38. The molecule has 1 heterocycles. The molecule has 0 spiro atoms. The van der Waals surface area contributed by atoms with Crippen LogP contribution in [0.1, 0.15) is 31.4 Å². The molecule has 2 aromatic rings. The molecular weight excluding hydrogens is 308 g/mol. The molecule has 112 valence electrons. The second-order valence-electron chi connectivity index (χ2n) is 5.45. The third kappa shape index (κ3) is 3.33. The van der Waals surface area contributed by atoms with E-state index in [9.17, 15) is 4.79 Å². The van der Waals surface area contributed by atoms with Crippen molar-refractivity contribution in [1.82, 2.24) is 14.8 Å². The van der Waals surface area contributed by atoms with E-state index in [-0.39, 0.29) is 17.8 Å². The number of nitrogens with zero attached hydrogens (tertiary/aromatic N) is 2. The van der Waals surface area contributed by atoms with Gasteiger partial charge < -0.3 is 5.73 Å². The van der Waals surface area contributed by atoms with Crippen molar-refractivity contribution in [2.75, 3.05) is 0 Å². The summed E-state index contributed by atoms with van der Waals surface area (Å²) < 4.78 is 1.74. The van der Waals surface area contributed by atoms with Gasteiger partial charge in [0, 0.05) is 22.0 Å². The lowest BCUT2D eigenvalue weighted by Crippen LogP contribution is -2.18. The Bertz CT molecular complexity index is 705. The summed E-state index contributed by atoms with van der Waals surface area (Å²) in [5.41, 5.74) is 6.88. The van der Waals surface area contributed by atoms with Gasteiger partial charge in [-0.15, -0.1) is 5.10 Å². The first kappa shape index (κ1) is 14.7. The van der Waals surface area contributed by atoms with Crippen molar-refractivity contribution in [3.05, 3.63) is 39.3 Å². The smallest absolute Gasteiger partial charge is 0.328 e. The van der Waals surface area contributed by atoms with Crippen LogP contribution in [0.2, 0.25) is 5.02 Å². The lowest BCUT2D eigenvalue weighted by atomic mass is 10.1. The molecule has 0 amide bonds. The van der Waals surface area contributed by atoms with Crippen LogP contribution in [0.15, 0.2) is 33.0 Å². The fourth-order valence-corrected chi connectivity index (χ4v) is 3.58. The summed E-state index contributed by atoms with van der Waals surface area (Å²) in [4.78, 5) is 12.8. The van der Waals surface area contributed by atoms with Gasteiger partial charge in [-0.05, 0) is 55.6 Å². The number of nitrogens with one attached hydrogen (secondary N) is 1. The second kappa shape index (κ2) is 5.87. The Balaban J connectivity index is 1.94. The van der Waals surface area contributed by atoms with Crippen molar-refractivity contribution >= 4 is 23.4 Å². The molecule has 0 radical (unpaired) electrons. The van der Waals surface area contributed by atoms with Gasteiger partial charge in [-0.1, -0.05) is 17.7 Å². The van der Waals surface area contributed by atoms with Crippen molar-refractivity contribution in [2.45, 2.75) is 48.3 Å². The highest BCUT2D eigenvalue weighted by atomic mass is 35.5. The quantitative estimate of drug-likeness (QED) is 0.886. The summed E-state index contributed by atoms with van der Waals surface area (Å²) in [6.07, 6.45) is 2.84. The third-order valence-corrected chi connectivity index (χ3v) is 4.66. The Hall–Kier alpha value is -1.24. The van der Waals surface area contributed by atoms with Crippen molar-refractivity contribution in [2.24, 2.45) is 5.73 Å². The first-order valence-corrected chi connectivity index (χ1v) is 8.13. The van der Waals surface area contributed by atoms with E-state index in [1.54, 1.807) is 4.57 Å². The van der Waals surface area contributed by atoms with E-state index < -0.39 is 0 Å². The molecule has 7 heteroatoms. The molecule has 21 heavy (non-hydrogen) atoms. The number of halogens is 1. The molecule has 3 N–H and O–H groups in total. The number of aromatic amines is 1. The summed E-state index contributed by atoms with van der Waals surface area (Å²) in [6.45, 7) is 1.97. The number of benzene rings is 1. The van der Waals surface area contributed by atoms with Gasteiger partial charge in [0.25, 0.3) is 0 Å². The normalized spacial score (nSPS) is 16.1. The van der Waals surface area contributed by atoms with Crippen molar-refractivity contribution in [3.63, 3.8) is 0 Å². The molecule has 0 aliphatic heterocycles. The van der Waals surface area contributed by atoms with Gasteiger partial charge in [-0.25, -0.2) is 9.89 Å². The molecule has 1 atom stereocenters. The molecule has 1 aliphatic rings. The molecule has 1 fully saturated rings. The summed E-state index contributed by atoms with van der Waals surface area (Å²) in [6, 6.07) is 6.10. The van der Waals surface area contributed by atoms with Crippen molar-refractivity contribution in [1.29, 1.82) is 0 Å². The second-order valence-corrected chi connectivity index (χ2v) is 6.89. The molecule has 3 rings (SSSR count). The number of nitrogens with two attached hydrogens (primary N) is 1. The SMILES string of the molecule is CC(N)Cc1ccc(Cl)cc1Sc1n[nH]c(=O)n1C1CC1. The predicted molar refractivity (Wildman–Crippen MR) is 84.0 cm³/mol. The van der Waals surface area contributed by atoms with Crippen LogP contribution >= 0.6 is 23.4 Å². The van der Waals surface area contributed by atoms with Gasteiger partial charge in [-0.2, -0.15) is 0 Å². The van der Waals surface area contributed by atoms with Gasteiger partial charge >= 0.3 is 5.69 Å². The predicted octanol–water partition coefficient (Wildman–Crippen LogP) is 2.60. The monoisotopic (exact) mass is 324 g/mol. The fraction of sp³-hybridized carbons (Fsp3) is 0.429. The minimum atomic E-state index is -0.143. The zero-order valence-corrected chi connectivity index (χ0v) is 13.2. The molecule has 1 saturated carbocycles. The highest BCUT2D eigenvalue weighted by molar-refractivity contribution is 7.99. The van der Waals surface area contributed by atoms with E-state index in [1.807, 2.05) is 25.1 Å². The van der Waals surface area contributed by atoms with Crippen molar-refractivity contribution in [3.8, 4) is 0 Å². The summed E-state index contributed by atoms with van der Waals surface area (Å²) in [7, 11) is 0. The first-order chi connectivity index (χ1) is 10.0. The Labute approximate surface area is 131 Å². The first-order valence-electron chi connectivity index (χ1n) is 6.93. The highest BCUT2D eigenvalue weighted by Gasteiger charge is 2.29. The Morgan fingerprint density at radius 2 is 2.33 bits per heavy atom. The maximum absolute atomic E-state index is 11.8. The van der Waals surface area contributed by atoms with Crippen LogP contribution in [0.25, 0.3) is 0 Å². The van der Waals surface area contributed by atoms with Gasteiger partial charge in [0.15, 0.2) is 5.16 Å². The Morgan fingerprint density at radius 1 is 1.57 bits per heavy atom. The van der Waals surface area contributed by atoms with Crippen LogP contribution < -0.4 is 11.4 Å². The topological polar surface area (TPSA) is 76.7 Å². The molecule has 0 bridgehead atoms. The number of hydrogen-bond acceptors (Lipinski definition) is 4. The zero-order valence-electron chi connectivity index (χ0n) is 11.7. The largest absolute Gasteiger partial charge is 0.344 e. The zero-order chi connectivity index (χ0) is 15.0. The van der Waals surface area contributed by atoms with Gasteiger partial charge in [0.05, 0.1) is 0 Å². The van der Waals surface area contributed by atoms with Crippen LogP contribution in [-0.2, 0) is 6.42 Å². The van der Waals surface area contributed by atoms with Crippen LogP contribution in [0.3, 0.4) is 0 Å². The maximum atomic E-state index is 11.8. The van der Waals surface area contributed by atoms with E-state index in [1.165, 1.54) is 11.8 Å². The van der Waals surface area contributed by atoms with Crippen LogP contribution in [0, 0.1) is 0 Å². The molecular formula is C14H17ClN4OS. The van der Waals surface area contributed by atoms with Crippen molar-refractivity contribution < 1.29 is 0 Å². The number of rotatable bonds is 5. The van der Waals surface area contributed by atoms with Crippen LogP contribution in [-0.4, -0.2) is 20.8 Å². The molecule has 5 nitrogen and oxygen atoms in total. The molecule has 1 aromatic carbocycles. The van der Waals surface area contributed by atoms with E-state index in [4.69, 9.17) is 17.3 Å². The molecule has 0 saturated heterocycles. The summed E-state index contributed by atoms with van der Waals surface area (Å²) >= 11 is 7.56. The minimum absolute atomic E-state index is 0.0651. The van der Waals surface area contributed by atoms with Gasteiger partial charge in [-0.3, -0.25) is 4.57 Å². The standard InChI is InChI=1S/C14H17ClN4OS/c1-8(16)6-9-2-3-10(15)7-12(9)21-14-18-17-13(20)19(14)11-4-5-11/h2-3,7-8,11H,4-6,16H2,1H3,(H,17,20). The summed E-state index contributed by atoms with van der Waals surface area (Å²) in [5, 5.41) is 8.03. The van der Waals surface area contributed by atoms with Crippen LogP contribution in [0.4, 0.5) is 0 Å². The summed E-state index contributed by atoms with van der Waals surface area (Å²) in [5.74, 6) is 0.